The molecule has 3 amide bonds. The molecule has 3 fully saturated rings. The summed E-state index contributed by atoms with van der Waals surface area (Å²) in [5, 5.41) is 28.7. The Balaban J connectivity index is 0.00000190. The molecule has 37 heavy (non-hydrogen) atoms. The minimum atomic E-state index is -1.29. The molecule has 1 aromatic heterocycles. The summed E-state index contributed by atoms with van der Waals surface area (Å²) in [7, 11) is 0. The number of aliphatic carboxylic acids is 1. The molecule has 0 aromatic carbocycles. The highest BCUT2D eigenvalue weighted by molar-refractivity contribution is 8.00. The maximum absolute atomic E-state index is 12.9. The number of carbonyl (C=O) groups is 4. The number of oxime groups is 1. The number of β-lactam (4-membered cyclic amide) rings is 1. The van der Waals surface area contributed by atoms with Crippen molar-refractivity contribution in [1.82, 2.24) is 25.4 Å². The minimum Gasteiger partial charge on any atom is -0.477 e. The Morgan fingerprint density at radius 2 is 2.03 bits per heavy atom. The van der Waals surface area contributed by atoms with Crippen molar-refractivity contribution >= 4 is 82.4 Å². The smallest absolute Gasteiger partial charge is 0.352 e. The van der Waals surface area contributed by atoms with Crippen LogP contribution in [0.15, 0.2) is 33.5 Å². The molecule has 200 valence electrons. The second kappa shape index (κ2) is 11.3. The second-order valence-corrected chi connectivity index (χ2v) is 10.3. The predicted octanol–water partition coefficient (Wildman–Crippen LogP) is -0.384. The van der Waals surface area contributed by atoms with Crippen molar-refractivity contribution in [2.75, 3.05) is 31.1 Å². The lowest BCUT2D eigenvalue weighted by Gasteiger charge is -2.49. The largest absolute Gasteiger partial charge is 0.477 e. The molecular weight excluding hydrogens is 569 g/mol. The topological polar surface area (TPSA) is 191 Å². The third kappa shape index (κ3) is 5.01. The first kappa shape index (κ1) is 28.7. The van der Waals surface area contributed by atoms with Crippen LogP contribution >= 0.6 is 47.9 Å². The van der Waals surface area contributed by atoms with Crippen LogP contribution in [0.4, 0.5) is 5.13 Å². The van der Waals surface area contributed by atoms with Gasteiger partial charge in [-0.3, -0.25) is 19.3 Å². The summed E-state index contributed by atoms with van der Waals surface area (Å²) in [6.07, 6.45) is 2.10. The number of carbonyl (C=O) groups excluding carboxylic acids is 3. The van der Waals surface area contributed by atoms with Gasteiger partial charge in [0.25, 0.3) is 11.8 Å². The monoisotopic (exact) mass is 591 g/mol. The Bertz CT molecular complexity index is 1230. The van der Waals surface area contributed by atoms with Crippen LogP contribution in [-0.2, 0) is 19.2 Å². The number of carboxylic acids is 1. The number of anilines is 1. The van der Waals surface area contributed by atoms with Gasteiger partial charge in [0.1, 0.15) is 22.8 Å². The molecule has 5 heterocycles. The van der Waals surface area contributed by atoms with Gasteiger partial charge in [-0.2, -0.15) is 0 Å². The maximum atomic E-state index is 12.9. The van der Waals surface area contributed by atoms with Gasteiger partial charge in [-0.15, -0.1) is 47.9 Å². The van der Waals surface area contributed by atoms with E-state index in [2.05, 4.69) is 20.8 Å². The molecule has 3 saturated heterocycles. The van der Waals surface area contributed by atoms with Gasteiger partial charge in [0.05, 0.1) is 6.04 Å². The van der Waals surface area contributed by atoms with Gasteiger partial charge in [0.2, 0.25) is 5.91 Å². The fourth-order valence-electron chi connectivity index (χ4n) is 4.39. The second-order valence-electron chi connectivity index (χ2n) is 8.29. The minimum absolute atomic E-state index is 0. The molecule has 0 aliphatic carbocycles. The number of thioether (sulfide) groups is 1. The lowest BCUT2D eigenvalue weighted by atomic mass is 10.0. The molecule has 0 spiro atoms. The van der Waals surface area contributed by atoms with E-state index in [1.165, 1.54) is 17.1 Å². The number of halogens is 2. The molecular formula is C20H23Cl2N7O6S2. The number of hydrogen-bond acceptors (Lipinski definition) is 11. The summed E-state index contributed by atoms with van der Waals surface area (Å²) in [5.74, 6) is -2.61. The van der Waals surface area contributed by atoms with Crippen LogP contribution < -0.4 is 16.4 Å². The van der Waals surface area contributed by atoms with Crippen molar-refractivity contribution in [3.05, 3.63) is 34.0 Å². The Kier molecular flexibility index (Phi) is 8.74. The fourth-order valence-corrected chi connectivity index (χ4v) is 6.25. The van der Waals surface area contributed by atoms with E-state index in [1.54, 1.807) is 11.0 Å². The number of rotatable bonds is 6. The number of likely N-dealkylation sites (tertiary alicyclic amines) is 1. The third-order valence-electron chi connectivity index (χ3n) is 6.27. The highest BCUT2D eigenvalue weighted by atomic mass is 35.5. The Labute approximate surface area is 231 Å². The summed E-state index contributed by atoms with van der Waals surface area (Å²) < 4.78 is 0. The number of nitrogen functional groups attached to an aromatic ring is 1. The first-order valence-electron chi connectivity index (χ1n) is 10.7. The summed E-state index contributed by atoms with van der Waals surface area (Å²) in [5.41, 5.74) is 5.91. The van der Waals surface area contributed by atoms with Crippen LogP contribution in [0.3, 0.4) is 0 Å². The number of thiazole rings is 1. The summed E-state index contributed by atoms with van der Waals surface area (Å²) in [4.78, 5) is 57.2. The molecule has 0 saturated carbocycles. The van der Waals surface area contributed by atoms with E-state index in [9.17, 15) is 29.5 Å². The zero-order valence-electron chi connectivity index (χ0n) is 18.9. The van der Waals surface area contributed by atoms with Gasteiger partial charge < -0.3 is 31.6 Å². The number of amides is 3. The molecule has 0 radical (unpaired) electrons. The molecule has 0 bridgehead atoms. The van der Waals surface area contributed by atoms with E-state index in [0.29, 0.717) is 24.1 Å². The molecule has 1 aromatic rings. The summed E-state index contributed by atoms with van der Waals surface area (Å²) in [6, 6.07) is -0.862. The van der Waals surface area contributed by atoms with Crippen LogP contribution in [0.5, 0.6) is 0 Å². The van der Waals surface area contributed by atoms with Crippen molar-refractivity contribution in [3.63, 3.8) is 0 Å². The van der Waals surface area contributed by atoms with Crippen LogP contribution in [0, 0.1) is 0 Å². The van der Waals surface area contributed by atoms with Crippen molar-refractivity contribution in [2.24, 2.45) is 5.16 Å². The SMILES string of the molecule is Cl.Cl.Nc1nc(/C(=N/O)C(=O)NC2C(=O)N3C(C(=O)O)=C(C=C4CCN(C5CNC5)C4=O)CSC23)cs1. The molecule has 6 N–H and O–H groups in total. The highest BCUT2D eigenvalue weighted by Gasteiger charge is 2.54. The molecule has 4 aliphatic heterocycles. The molecule has 2 unspecified atom stereocenters. The van der Waals surface area contributed by atoms with E-state index in [4.69, 9.17) is 5.73 Å². The summed E-state index contributed by atoms with van der Waals surface area (Å²) in [6.45, 7) is 2.07. The van der Waals surface area contributed by atoms with Gasteiger partial charge in [-0.1, -0.05) is 5.16 Å². The molecule has 17 heteroatoms. The number of carboxylic acid groups (broad SMARTS) is 1. The van der Waals surface area contributed by atoms with Gasteiger partial charge in [-0.25, -0.2) is 9.78 Å². The Hall–Kier alpha value is -2.85. The zero-order valence-corrected chi connectivity index (χ0v) is 22.2. The molecule has 2 atom stereocenters. The van der Waals surface area contributed by atoms with Crippen LogP contribution in [0.25, 0.3) is 0 Å². The number of nitrogens with one attached hydrogen (secondary N) is 2. The van der Waals surface area contributed by atoms with E-state index in [1.807, 2.05) is 0 Å². The van der Waals surface area contributed by atoms with Crippen LogP contribution in [0.2, 0.25) is 0 Å². The first-order chi connectivity index (χ1) is 16.8. The number of allylic oxidation sites excluding steroid dienone is 1. The van der Waals surface area contributed by atoms with Crippen LogP contribution in [-0.4, -0.2) is 97.3 Å². The van der Waals surface area contributed by atoms with Crippen molar-refractivity contribution in [1.29, 1.82) is 0 Å². The fraction of sp³-hybridized carbons (Fsp3) is 0.400. The lowest BCUT2D eigenvalue weighted by Crippen LogP contribution is -2.71. The van der Waals surface area contributed by atoms with Gasteiger partial charge in [0, 0.05) is 36.3 Å². The number of aromatic nitrogens is 1. The standard InChI is InChI=1S/C20H21N7O6S2.2ClH/c21-20-23-11(7-35-20)12(25-33)15(28)24-13-17(30)27-14(19(31)32)9(6-34-18(13)27)3-8-1-2-26(16(8)29)10-4-22-5-10;;/h3,7,10,13,18,22,33H,1-2,4-6H2,(H2,21,23)(H,24,28)(H,31,32);2*1H/b8-3?,25-12-;;. The Morgan fingerprint density at radius 3 is 2.59 bits per heavy atom. The quantitative estimate of drug-likeness (QED) is 0.0957. The van der Waals surface area contributed by atoms with E-state index >= 15 is 0 Å². The van der Waals surface area contributed by atoms with Crippen molar-refractivity contribution in [2.45, 2.75) is 23.9 Å². The van der Waals surface area contributed by atoms with Gasteiger partial charge in [0.15, 0.2) is 10.8 Å². The number of nitrogens with two attached hydrogens (primary N) is 1. The number of nitrogens with zero attached hydrogens (tertiary/aromatic N) is 4. The highest BCUT2D eigenvalue weighted by Crippen LogP contribution is 2.41. The molecule has 5 rings (SSSR count). The van der Waals surface area contributed by atoms with Crippen molar-refractivity contribution < 1.29 is 29.5 Å². The number of fused-ring (bicyclic) bond motifs is 1. The normalized spacial score (nSPS) is 24.6. The summed E-state index contributed by atoms with van der Waals surface area (Å²) >= 11 is 2.33. The van der Waals surface area contributed by atoms with Crippen LogP contribution in [0.1, 0.15) is 12.1 Å². The van der Waals surface area contributed by atoms with E-state index < -0.39 is 34.9 Å². The Morgan fingerprint density at radius 1 is 1.30 bits per heavy atom. The number of hydrogen-bond donors (Lipinski definition) is 5. The maximum Gasteiger partial charge on any atom is 0.352 e. The lowest BCUT2D eigenvalue weighted by molar-refractivity contribution is -0.150. The van der Waals surface area contributed by atoms with E-state index in [0.717, 1.165) is 29.3 Å². The average molecular weight is 592 g/mol. The molecule has 4 aliphatic rings. The molecule has 13 nitrogen and oxygen atoms in total. The first-order valence-corrected chi connectivity index (χ1v) is 12.6. The average Bonchev–Trinajstić information content (AvgIpc) is 3.37. The van der Waals surface area contributed by atoms with Crippen molar-refractivity contribution in [3.8, 4) is 0 Å². The van der Waals surface area contributed by atoms with Gasteiger partial charge in [-0.05, 0) is 18.1 Å². The third-order valence-corrected chi connectivity index (χ3v) is 8.25. The van der Waals surface area contributed by atoms with Gasteiger partial charge >= 0.3 is 5.97 Å². The zero-order chi connectivity index (χ0) is 24.9. The van der Waals surface area contributed by atoms with E-state index in [-0.39, 0.29) is 59.0 Å². The predicted molar refractivity (Wildman–Crippen MR) is 140 cm³/mol.